The van der Waals surface area contributed by atoms with E-state index in [-0.39, 0.29) is 0 Å². The van der Waals surface area contributed by atoms with Gasteiger partial charge in [-0.25, -0.2) is 0 Å². The molecular formula is C16H25NO2S. The predicted octanol–water partition coefficient (Wildman–Crippen LogP) is 3.64. The molecule has 1 aromatic carbocycles. The lowest BCUT2D eigenvalue weighted by atomic mass is 10.1. The van der Waals surface area contributed by atoms with Crippen LogP contribution in [0, 0.1) is 0 Å². The molecule has 0 bridgehead atoms. The van der Waals surface area contributed by atoms with Crippen molar-refractivity contribution in [3.8, 4) is 11.5 Å². The summed E-state index contributed by atoms with van der Waals surface area (Å²) in [5.41, 5.74) is 1.25. The van der Waals surface area contributed by atoms with Gasteiger partial charge in [-0.05, 0) is 49.5 Å². The first-order chi connectivity index (χ1) is 9.70. The number of thioether (sulfide) groups is 1. The standard InChI is InChI=1S/C16H25NO2S/c1-4-20-10-7-12(2)17-13(3)14-5-6-15-16(11-14)19-9-8-18-15/h5-6,11-13,17H,4,7-10H2,1-3H3. The van der Waals surface area contributed by atoms with Crippen LogP contribution < -0.4 is 14.8 Å². The van der Waals surface area contributed by atoms with E-state index in [9.17, 15) is 0 Å². The van der Waals surface area contributed by atoms with Crippen LogP contribution in [-0.2, 0) is 0 Å². The van der Waals surface area contributed by atoms with Crippen LogP contribution >= 0.6 is 11.8 Å². The quantitative estimate of drug-likeness (QED) is 0.778. The minimum Gasteiger partial charge on any atom is -0.486 e. The third kappa shape index (κ3) is 4.32. The maximum absolute atomic E-state index is 5.64. The molecule has 0 saturated carbocycles. The molecule has 0 saturated heterocycles. The molecule has 112 valence electrons. The van der Waals surface area contributed by atoms with Gasteiger partial charge in [-0.1, -0.05) is 13.0 Å². The van der Waals surface area contributed by atoms with Crippen LogP contribution in [0.2, 0.25) is 0 Å². The molecule has 0 spiro atoms. The van der Waals surface area contributed by atoms with E-state index in [0.29, 0.717) is 25.3 Å². The fourth-order valence-corrected chi connectivity index (χ4v) is 3.15. The zero-order chi connectivity index (χ0) is 14.4. The summed E-state index contributed by atoms with van der Waals surface area (Å²) in [6.45, 7) is 7.95. The molecule has 0 radical (unpaired) electrons. The Bertz CT molecular complexity index is 425. The fourth-order valence-electron chi connectivity index (χ4n) is 2.34. The first kappa shape index (κ1) is 15.5. The third-order valence-electron chi connectivity index (χ3n) is 3.50. The molecule has 4 heteroatoms. The highest BCUT2D eigenvalue weighted by Gasteiger charge is 2.15. The van der Waals surface area contributed by atoms with Crippen molar-refractivity contribution in [2.75, 3.05) is 24.7 Å². The summed E-state index contributed by atoms with van der Waals surface area (Å²) in [5, 5.41) is 3.65. The first-order valence-electron chi connectivity index (χ1n) is 7.44. The van der Waals surface area contributed by atoms with Gasteiger partial charge in [-0.15, -0.1) is 0 Å². The van der Waals surface area contributed by atoms with E-state index in [2.05, 4.69) is 38.2 Å². The minimum atomic E-state index is 0.326. The Morgan fingerprint density at radius 3 is 2.70 bits per heavy atom. The smallest absolute Gasteiger partial charge is 0.161 e. The van der Waals surface area contributed by atoms with Gasteiger partial charge in [0.15, 0.2) is 11.5 Å². The Balaban J connectivity index is 1.90. The molecule has 0 fully saturated rings. The van der Waals surface area contributed by atoms with Crippen molar-refractivity contribution in [3.05, 3.63) is 23.8 Å². The van der Waals surface area contributed by atoms with Gasteiger partial charge in [-0.3, -0.25) is 0 Å². The molecule has 0 aliphatic carbocycles. The monoisotopic (exact) mass is 295 g/mol. The number of hydrogen-bond donors (Lipinski definition) is 1. The lowest BCUT2D eigenvalue weighted by Crippen LogP contribution is -2.29. The highest BCUT2D eigenvalue weighted by atomic mass is 32.2. The van der Waals surface area contributed by atoms with Gasteiger partial charge in [0.2, 0.25) is 0 Å². The fraction of sp³-hybridized carbons (Fsp3) is 0.625. The minimum absolute atomic E-state index is 0.326. The molecule has 0 aromatic heterocycles. The lowest BCUT2D eigenvalue weighted by Gasteiger charge is -2.23. The molecule has 1 aromatic rings. The zero-order valence-corrected chi connectivity index (χ0v) is 13.5. The number of ether oxygens (including phenoxy) is 2. The van der Waals surface area contributed by atoms with E-state index in [1.54, 1.807) is 0 Å². The van der Waals surface area contributed by atoms with Crippen molar-refractivity contribution >= 4 is 11.8 Å². The first-order valence-corrected chi connectivity index (χ1v) is 8.59. The molecule has 2 unspecified atom stereocenters. The zero-order valence-electron chi connectivity index (χ0n) is 12.6. The SMILES string of the molecule is CCSCCC(C)NC(C)c1ccc2c(c1)OCCO2. The van der Waals surface area contributed by atoms with E-state index in [1.807, 2.05) is 17.8 Å². The summed E-state index contributed by atoms with van der Waals surface area (Å²) >= 11 is 2.00. The molecular weight excluding hydrogens is 270 g/mol. The van der Waals surface area contributed by atoms with Crippen molar-refractivity contribution < 1.29 is 9.47 Å². The summed E-state index contributed by atoms with van der Waals surface area (Å²) in [7, 11) is 0. The van der Waals surface area contributed by atoms with Crippen LogP contribution in [-0.4, -0.2) is 30.8 Å². The highest BCUT2D eigenvalue weighted by molar-refractivity contribution is 7.99. The van der Waals surface area contributed by atoms with Gasteiger partial charge in [0.1, 0.15) is 13.2 Å². The summed E-state index contributed by atoms with van der Waals surface area (Å²) in [4.78, 5) is 0. The molecule has 1 aliphatic heterocycles. The molecule has 1 heterocycles. The van der Waals surface area contributed by atoms with Crippen LogP contribution in [0.15, 0.2) is 18.2 Å². The van der Waals surface area contributed by atoms with E-state index in [4.69, 9.17) is 9.47 Å². The Morgan fingerprint density at radius 2 is 1.95 bits per heavy atom. The summed E-state index contributed by atoms with van der Waals surface area (Å²) in [6, 6.07) is 7.09. The van der Waals surface area contributed by atoms with Gasteiger partial charge in [0, 0.05) is 12.1 Å². The highest BCUT2D eigenvalue weighted by Crippen LogP contribution is 2.32. The molecule has 1 N–H and O–H groups in total. The van der Waals surface area contributed by atoms with Gasteiger partial charge >= 0.3 is 0 Å². The largest absolute Gasteiger partial charge is 0.486 e. The number of rotatable bonds is 7. The van der Waals surface area contributed by atoms with Gasteiger partial charge in [0.25, 0.3) is 0 Å². The number of benzene rings is 1. The van der Waals surface area contributed by atoms with Crippen LogP contribution in [0.1, 0.15) is 38.8 Å². The number of fused-ring (bicyclic) bond motifs is 1. The van der Waals surface area contributed by atoms with Crippen LogP contribution in [0.3, 0.4) is 0 Å². The lowest BCUT2D eigenvalue weighted by molar-refractivity contribution is 0.171. The van der Waals surface area contributed by atoms with Gasteiger partial charge in [-0.2, -0.15) is 11.8 Å². The summed E-state index contributed by atoms with van der Waals surface area (Å²) < 4.78 is 11.2. The molecule has 1 aliphatic rings. The topological polar surface area (TPSA) is 30.5 Å². The van der Waals surface area contributed by atoms with Gasteiger partial charge < -0.3 is 14.8 Å². The summed E-state index contributed by atoms with van der Waals surface area (Å²) in [6.07, 6.45) is 1.20. The Hall–Kier alpha value is -0.870. The summed E-state index contributed by atoms with van der Waals surface area (Å²) in [5.74, 6) is 4.15. The van der Waals surface area contributed by atoms with E-state index in [0.717, 1.165) is 11.5 Å². The van der Waals surface area contributed by atoms with Crippen LogP contribution in [0.5, 0.6) is 11.5 Å². The second-order valence-corrected chi connectivity index (χ2v) is 6.57. The van der Waals surface area contributed by atoms with E-state index < -0.39 is 0 Å². The molecule has 2 atom stereocenters. The predicted molar refractivity (Wildman–Crippen MR) is 86.1 cm³/mol. The molecule has 2 rings (SSSR count). The van der Waals surface area contributed by atoms with Crippen molar-refractivity contribution in [2.45, 2.75) is 39.3 Å². The van der Waals surface area contributed by atoms with E-state index >= 15 is 0 Å². The van der Waals surface area contributed by atoms with Crippen LogP contribution in [0.25, 0.3) is 0 Å². The second kappa shape index (κ2) is 7.79. The van der Waals surface area contributed by atoms with Crippen molar-refractivity contribution in [3.63, 3.8) is 0 Å². The average molecular weight is 295 g/mol. The Labute approximate surface area is 126 Å². The number of nitrogens with one attached hydrogen (secondary N) is 1. The maximum Gasteiger partial charge on any atom is 0.161 e. The normalized spacial score (nSPS) is 16.8. The second-order valence-electron chi connectivity index (χ2n) is 5.18. The Morgan fingerprint density at radius 1 is 1.20 bits per heavy atom. The van der Waals surface area contributed by atoms with Gasteiger partial charge in [0.05, 0.1) is 0 Å². The van der Waals surface area contributed by atoms with E-state index in [1.165, 1.54) is 23.5 Å². The molecule has 3 nitrogen and oxygen atoms in total. The van der Waals surface area contributed by atoms with Crippen molar-refractivity contribution in [2.24, 2.45) is 0 Å². The van der Waals surface area contributed by atoms with Crippen LogP contribution in [0.4, 0.5) is 0 Å². The van der Waals surface area contributed by atoms with Crippen molar-refractivity contribution in [1.82, 2.24) is 5.32 Å². The number of hydrogen-bond acceptors (Lipinski definition) is 4. The molecule has 0 amide bonds. The molecule has 20 heavy (non-hydrogen) atoms. The van der Waals surface area contributed by atoms with Crippen molar-refractivity contribution in [1.29, 1.82) is 0 Å². The Kier molecular flexibility index (Phi) is 6.05. The maximum atomic E-state index is 5.64. The average Bonchev–Trinajstić information content (AvgIpc) is 2.47. The third-order valence-corrected chi connectivity index (χ3v) is 4.43.